The van der Waals surface area contributed by atoms with Crippen molar-refractivity contribution in [3.63, 3.8) is 0 Å². The van der Waals surface area contributed by atoms with Crippen LogP contribution < -0.4 is 0 Å². The predicted molar refractivity (Wildman–Crippen MR) is 106 cm³/mol. The van der Waals surface area contributed by atoms with Gasteiger partial charge in [0.1, 0.15) is 16.5 Å². The first-order valence-corrected chi connectivity index (χ1v) is 9.62. The van der Waals surface area contributed by atoms with Crippen LogP contribution in [0.25, 0.3) is 16.4 Å². The summed E-state index contributed by atoms with van der Waals surface area (Å²) in [6, 6.07) is 9.19. The fourth-order valence-corrected chi connectivity index (χ4v) is 3.79. The van der Waals surface area contributed by atoms with E-state index in [1.165, 1.54) is 34.1 Å². The summed E-state index contributed by atoms with van der Waals surface area (Å²) in [5.41, 5.74) is 0.576. The maximum atomic E-state index is 13.1. The highest BCUT2D eigenvalue weighted by Crippen LogP contribution is 2.44. The lowest BCUT2D eigenvalue weighted by molar-refractivity contribution is 0.101. The molecular weight excluding hydrogens is 394 g/mol. The molecule has 0 fully saturated rings. The third-order valence-electron chi connectivity index (χ3n) is 4.40. The maximum absolute atomic E-state index is 13.1. The molecule has 0 saturated heterocycles. The maximum Gasteiger partial charge on any atom is 0.242 e. The molecule has 0 amide bonds. The van der Waals surface area contributed by atoms with Crippen molar-refractivity contribution in [3.05, 3.63) is 58.5 Å². The molecule has 4 rings (SSSR count). The molecule has 148 valence electrons. The predicted octanol–water partition coefficient (Wildman–Crippen LogP) is 3.81. The molecule has 8 nitrogen and oxygen atoms in total. The van der Waals surface area contributed by atoms with E-state index in [0.717, 1.165) is 5.01 Å². The zero-order valence-electron chi connectivity index (χ0n) is 15.6. The van der Waals surface area contributed by atoms with E-state index in [0.29, 0.717) is 22.9 Å². The van der Waals surface area contributed by atoms with Gasteiger partial charge in [0.2, 0.25) is 16.8 Å². The van der Waals surface area contributed by atoms with E-state index < -0.39 is 17.4 Å². The van der Waals surface area contributed by atoms with Gasteiger partial charge < -0.3 is 19.7 Å². The van der Waals surface area contributed by atoms with Crippen molar-refractivity contribution >= 4 is 17.1 Å². The highest BCUT2D eigenvalue weighted by molar-refractivity contribution is 7.13. The zero-order valence-corrected chi connectivity index (χ0v) is 16.4. The number of rotatable bonds is 5. The molecule has 3 aromatic heterocycles. The summed E-state index contributed by atoms with van der Waals surface area (Å²) in [4.78, 5) is 13.1. The van der Waals surface area contributed by atoms with Gasteiger partial charge in [0, 0.05) is 0 Å². The molecule has 0 saturated carbocycles. The molecule has 4 aromatic rings. The molecular formula is C20H17N3O5S. The van der Waals surface area contributed by atoms with E-state index in [4.69, 9.17) is 4.42 Å². The number of carbonyl (C=O) groups is 1. The lowest BCUT2D eigenvalue weighted by Gasteiger charge is -2.08. The summed E-state index contributed by atoms with van der Waals surface area (Å²) in [5, 5.41) is 40.1. The van der Waals surface area contributed by atoms with E-state index >= 15 is 0 Å². The van der Waals surface area contributed by atoms with Crippen molar-refractivity contribution < 1.29 is 24.5 Å². The van der Waals surface area contributed by atoms with Crippen LogP contribution in [0.15, 0.2) is 40.8 Å². The minimum absolute atomic E-state index is 0.0292. The fraction of sp³-hybridized carbons (Fsp3) is 0.150. The number of aromatic nitrogens is 3. The van der Waals surface area contributed by atoms with Crippen LogP contribution in [0.1, 0.15) is 33.8 Å². The molecule has 0 unspecified atom stereocenters. The molecule has 3 heterocycles. The minimum Gasteiger partial charge on any atom is -0.508 e. The normalized spacial score (nSPS) is 11.1. The van der Waals surface area contributed by atoms with Crippen molar-refractivity contribution in [2.75, 3.05) is 0 Å². The first-order valence-electron chi connectivity index (χ1n) is 8.80. The summed E-state index contributed by atoms with van der Waals surface area (Å²) in [7, 11) is 0. The topological polar surface area (TPSA) is 122 Å². The first kappa shape index (κ1) is 18.8. The Morgan fingerprint density at radius 1 is 1.10 bits per heavy atom. The molecule has 0 spiro atoms. The molecule has 0 aliphatic rings. The Balaban J connectivity index is 2.01. The third-order valence-corrected chi connectivity index (χ3v) is 5.46. The number of hydrogen-bond acceptors (Lipinski definition) is 8. The number of nitrogens with zero attached hydrogens (tertiary/aromatic N) is 3. The van der Waals surface area contributed by atoms with Gasteiger partial charge in [-0.25, -0.2) is 0 Å². The second-order valence-corrected chi connectivity index (χ2v) is 7.39. The van der Waals surface area contributed by atoms with Gasteiger partial charge in [-0.2, -0.15) is 0 Å². The monoisotopic (exact) mass is 411 g/mol. The van der Waals surface area contributed by atoms with Gasteiger partial charge in [0.15, 0.2) is 11.5 Å². The highest BCUT2D eigenvalue weighted by atomic mass is 32.1. The highest BCUT2D eigenvalue weighted by Gasteiger charge is 2.32. The van der Waals surface area contributed by atoms with Gasteiger partial charge in [-0.1, -0.05) is 18.3 Å². The summed E-state index contributed by atoms with van der Waals surface area (Å²) in [6.45, 7) is 3.63. The van der Waals surface area contributed by atoms with E-state index in [9.17, 15) is 20.1 Å². The summed E-state index contributed by atoms with van der Waals surface area (Å²) in [6.07, 6.45) is 0.650. The lowest BCUT2D eigenvalue weighted by atomic mass is 10.0. The molecule has 0 bridgehead atoms. The van der Waals surface area contributed by atoms with E-state index in [2.05, 4.69) is 10.2 Å². The van der Waals surface area contributed by atoms with Gasteiger partial charge in [0.25, 0.3) is 0 Å². The van der Waals surface area contributed by atoms with Crippen molar-refractivity contribution in [3.8, 4) is 33.8 Å². The van der Waals surface area contributed by atoms with Gasteiger partial charge in [-0.3, -0.25) is 9.36 Å². The van der Waals surface area contributed by atoms with Gasteiger partial charge in [-0.15, -0.1) is 10.2 Å². The molecule has 0 atom stereocenters. The van der Waals surface area contributed by atoms with Gasteiger partial charge >= 0.3 is 0 Å². The quantitative estimate of drug-likeness (QED) is 0.427. The second-order valence-electron chi connectivity index (χ2n) is 6.35. The molecule has 1 aromatic carbocycles. The third kappa shape index (κ3) is 3.15. The Bertz CT molecular complexity index is 1200. The standard InChI is InChI=1S/C20H17N3O5S/c1-3-14-21-22-20(29-14)23-16(11-5-7-12(24)8-6-11)15(18(26)19(23)27)17(25)13-9-4-10(2)28-13/h4-9,24,26-27H,3H2,1-2H3. The van der Waals surface area contributed by atoms with Crippen LogP contribution in [-0.2, 0) is 6.42 Å². The van der Waals surface area contributed by atoms with Crippen LogP contribution >= 0.6 is 11.3 Å². The Hall–Kier alpha value is -3.59. The van der Waals surface area contributed by atoms with E-state index in [1.54, 1.807) is 25.1 Å². The average Bonchev–Trinajstić information content (AvgIpc) is 3.41. The Kier molecular flexibility index (Phi) is 4.59. The molecule has 0 radical (unpaired) electrons. The number of aryl methyl sites for hydroxylation is 2. The second kappa shape index (κ2) is 7.10. The van der Waals surface area contributed by atoms with E-state index in [1.807, 2.05) is 6.92 Å². The Labute approximate surface area is 169 Å². The van der Waals surface area contributed by atoms with Gasteiger partial charge in [0.05, 0.1) is 11.3 Å². The van der Waals surface area contributed by atoms with Crippen LogP contribution in [0.3, 0.4) is 0 Å². The molecule has 0 aliphatic heterocycles. The van der Waals surface area contributed by atoms with Gasteiger partial charge in [-0.05, 0) is 55.3 Å². The summed E-state index contributed by atoms with van der Waals surface area (Å²) >= 11 is 1.23. The number of aromatic hydroxyl groups is 3. The molecule has 29 heavy (non-hydrogen) atoms. The van der Waals surface area contributed by atoms with Crippen LogP contribution in [0.4, 0.5) is 0 Å². The number of benzene rings is 1. The minimum atomic E-state index is -0.590. The summed E-state index contributed by atoms with van der Waals surface area (Å²) < 4.78 is 6.70. The van der Waals surface area contributed by atoms with E-state index in [-0.39, 0.29) is 22.8 Å². The SMILES string of the molecule is CCc1nnc(-n2c(O)c(O)c(C(=O)c3ccc(C)o3)c2-c2ccc(O)cc2)s1. The van der Waals surface area contributed by atoms with Crippen LogP contribution in [0, 0.1) is 6.92 Å². The number of phenols is 1. The Morgan fingerprint density at radius 2 is 1.83 bits per heavy atom. The van der Waals surface area contributed by atoms with Crippen molar-refractivity contribution in [2.24, 2.45) is 0 Å². The van der Waals surface area contributed by atoms with Crippen molar-refractivity contribution in [2.45, 2.75) is 20.3 Å². The lowest BCUT2D eigenvalue weighted by Crippen LogP contribution is -2.04. The first-order chi connectivity index (χ1) is 13.9. The Morgan fingerprint density at radius 3 is 2.41 bits per heavy atom. The number of hydrogen-bond donors (Lipinski definition) is 3. The van der Waals surface area contributed by atoms with Crippen LogP contribution in [-0.4, -0.2) is 35.9 Å². The smallest absolute Gasteiger partial charge is 0.242 e. The van der Waals surface area contributed by atoms with Crippen molar-refractivity contribution in [1.82, 2.24) is 14.8 Å². The average molecular weight is 411 g/mol. The number of ketones is 1. The van der Waals surface area contributed by atoms with Crippen molar-refractivity contribution in [1.29, 1.82) is 0 Å². The number of furan rings is 1. The number of phenolic OH excluding ortho intramolecular Hbond substituents is 1. The molecule has 3 N–H and O–H groups in total. The van der Waals surface area contributed by atoms with Crippen LogP contribution in [0.2, 0.25) is 0 Å². The summed E-state index contributed by atoms with van der Waals surface area (Å²) in [5.74, 6) is -1.09. The number of carbonyl (C=O) groups excluding carboxylic acids is 1. The fourth-order valence-electron chi connectivity index (χ4n) is 3.00. The molecule has 9 heteroatoms. The largest absolute Gasteiger partial charge is 0.508 e. The molecule has 0 aliphatic carbocycles. The zero-order chi connectivity index (χ0) is 20.7. The van der Waals surface area contributed by atoms with Crippen LogP contribution in [0.5, 0.6) is 17.4 Å².